The van der Waals surface area contributed by atoms with E-state index in [-0.39, 0.29) is 5.38 Å². The van der Waals surface area contributed by atoms with Gasteiger partial charge in [0.05, 0.1) is 23.6 Å². The highest BCUT2D eigenvalue weighted by atomic mass is 35.5. The average molecular weight is 256 g/mol. The maximum Gasteiger partial charge on any atom is 0.163 e. The van der Waals surface area contributed by atoms with Gasteiger partial charge in [-0.1, -0.05) is 0 Å². The van der Waals surface area contributed by atoms with Crippen LogP contribution in [0.3, 0.4) is 0 Å². The smallest absolute Gasteiger partial charge is 0.163 e. The van der Waals surface area contributed by atoms with Crippen molar-refractivity contribution in [1.29, 1.82) is 0 Å². The molecule has 1 N–H and O–H groups in total. The molecule has 2 rings (SSSR count). The molecule has 2 aromatic heterocycles. The molecule has 0 aliphatic carbocycles. The largest absolute Gasteiger partial charge is 0.383 e. The molecular weight excluding hydrogens is 242 g/mol. The SMILES string of the molecule is COCC(Cl)CNc1ncnc2c1cnn2C. The number of aromatic nitrogens is 4. The summed E-state index contributed by atoms with van der Waals surface area (Å²) in [6, 6.07) is 0. The fourth-order valence-electron chi connectivity index (χ4n) is 1.55. The van der Waals surface area contributed by atoms with E-state index >= 15 is 0 Å². The molecule has 0 radical (unpaired) electrons. The number of halogens is 1. The standard InChI is InChI=1S/C10H14ClN5O/c1-16-10-8(4-15-16)9(13-6-14-10)12-3-7(11)5-17-2/h4,6-7H,3,5H2,1-2H3,(H,12,13,14). The number of fused-ring (bicyclic) bond motifs is 1. The van der Waals surface area contributed by atoms with Crippen molar-refractivity contribution in [3.8, 4) is 0 Å². The number of ether oxygens (including phenoxy) is 1. The Kier molecular flexibility index (Phi) is 3.75. The van der Waals surface area contributed by atoms with Gasteiger partial charge in [0.2, 0.25) is 0 Å². The van der Waals surface area contributed by atoms with Crippen LogP contribution in [-0.2, 0) is 11.8 Å². The molecule has 0 saturated heterocycles. The molecule has 0 amide bonds. The van der Waals surface area contributed by atoms with E-state index in [0.29, 0.717) is 13.2 Å². The quantitative estimate of drug-likeness (QED) is 0.809. The molecule has 0 aliphatic rings. The maximum atomic E-state index is 6.04. The molecule has 1 atom stereocenters. The van der Waals surface area contributed by atoms with Crippen molar-refractivity contribution in [2.45, 2.75) is 5.38 Å². The van der Waals surface area contributed by atoms with Crippen LogP contribution in [0.2, 0.25) is 0 Å². The first kappa shape index (κ1) is 12.1. The first-order chi connectivity index (χ1) is 8.22. The highest BCUT2D eigenvalue weighted by Crippen LogP contribution is 2.17. The van der Waals surface area contributed by atoms with Crippen LogP contribution < -0.4 is 5.32 Å². The summed E-state index contributed by atoms with van der Waals surface area (Å²) >= 11 is 6.04. The Hall–Kier alpha value is -1.40. The molecule has 0 fully saturated rings. The summed E-state index contributed by atoms with van der Waals surface area (Å²) in [4.78, 5) is 8.33. The highest BCUT2D eigenvalue weighted by Gasteiger charge is 2.09. The second-order valence-corrected chi connectivity index (χ2v) is 4.28. The van der Waals surface area contributed by atoms with E-state index in [4.69, 9.17) is 16.3 Å². The number of rotatable bonds is 5. The first-order valence-electron chi connectivity index (χ1n) is 5.22. The normalized spacial score (nSPS) is 12.9. The third-order valence-electron chi connectivity index (χ3n) is 2.37. The summed E-state index contributed by atoms with van der Waals surface area (Å²) in [5.41, 5.74) is 0.792. The first-order valence-corrected chi connectivity index (χ1v) is 5.65. The van der Waals surface area contributed by atoms with Crippen LogP contribution in [0.5, 0.6) is 0 Å². The molecule has 1 unspecified atom stereocenters. The van der Waals surface area contributed by atoms with Crippen molar-refractivity contribution in [3.05, 3.63) is 12.5 Å². The van der Waals surface area contributed by atoms with Crippen LogP contribution in [0.1, 0.15) is 0 Å². The Labute approximate surface area is 104 Å². The zero-order valence-corrected chi connectivity index (χ0v) is 10.5. The monoisotopic (exact) mass is 255 g/mol. The van der Waals surface area contributed by atoms with Crippen molar-refractivity contribution in [1.82, 2.24) is 19.7 Å². The molecule has 6 nitrogen and oxygen atoms in total. The van der Waals surface area contributed by atoms with Crippen molar-refractivity contribution in [3.63, 3.8) is 0 Å². The van der Waals surface area contributed by atoms with Crippen molar-refractivity contribution >= 4 is 28.5 Å². The number of methoxy groups -OCH3 is 1. The summed E-state index contributed by atoms with van der Waals surface area (Å²) in [6.07, 6.45) is 3.24. The molecule has 92 valence electrons. The molecule has 7 heteroatoms. The lowest BCUT2D eigenvalue weighted by Gasteiger charge is -2.10. The van der Waals surface area contributed by atoms with Gasteiger partial charge in [-0.15, -0.1) is 11.6 Å². The molecule has 2 heterocycles. The molecule has 2 aromatic rings. The van der Waals surface area contributed by atoms with Gasteiger partial charge in [-0.05, 0) is 0 Å². The molecule has 0 aromatic carbocycles. The zero-order chi connectivity index (χ0) is 12.3. The van der Waals surface area contributed by atoms with Gasteiger partial charge in [0.25, 0.3) is 0 Å². The lowest BCUT2D eigenvalue weighted by Crippen LogP contribution is -2.19. The van der Waals surface area contributed by atoms with Crippen molar-refractivity contribution in [2.24, 2.45) is 7.05 Å². The fraction of sp³-hybridized carbons (Fsp3) is 0.500. The van der Waals surface area contributed by atoms with Crippen molar-refractivity contribution in [2.75, 3.05) is 25.6 Å². The van der Waals surface area contributed by atoms with Crippen LogP contribution in [0.4, 0.5) is 5.82 Å². The van der Waals surface area contributed by atoms with Crippen LogP contribution in [0, 0.1) is 0 Å². The average Bonchev–Trinajstić information content (AvgIpc) is 2.70. The lowest BCUT2D eigenvalue weighted by atomic mass is 10.3. The minimum Gasteiger partial charge on any atom is -0.383 e. The fourth-order valence-corrected chi connectivity index (χ4v) is 1.75. The Morgan fingerprint density at radius 2 is 2.35 bits per heavy atom. The molecule has 0 saturated carbocycles. The molecule has 0 bridgehead atoms. The van der Waals surface area contributed by atoms with E-state index in [2.05, 4.69) is 20.4 Å². The summed E-state index contributed by atoms with van der Waals surface area (Å²) in [5.74, 6) is 0.741. The number of aryl methyl sites for hydroxylation is 1. The summed E-state index contributed by atoms with van der Waals surface area (Å²) in [7, 11) is 3.47. The van der Waals surface area contributed by atoms with Gasteiger partial charge < -0.3 is 10.1 Å². The minimum absolute atomic E-state index is 0.0957. The highest BCUT2D eigenvalue weighted by molar-refractivity contribution is 6.21. The van der Waals surface area contributed by atoms with E-state index in [1.807, 2.05) is 7.05 Å². The van der Waals surface area contributed by atoms with Gasteiger partial charge in [-0.3, -0.25) is 4.68 Å². The Bertz CT molecular complexity index is 500. The number of alkyl halides is 1. The zero-order valence-electron chi connectivity index (χ0n) is 9.72. The van der Waals surface area contributed by atoms with E-state index in [9.17, 15) is 0 Å². The van der Waals surface area contributed by atoms with E-state index < -0.39 is 0 Å². The number of hydrogen-bond donors (Lipinski definition) is 1. The summed E-state index contributed by atoms with van der Waals surface area (Å²) in [5, 5.41) is 8.10. The Balaban J connectivity index is 2.13. The third kappa shape index (κ3) is 2.65. The van der Waals surface area contributed by atoms with Gasteiger partial charge in [0.15, 0.2) is 5.65 Å². The summed E-state index contributed by atoms with van der Waals surface area (Å²) in [6.45, 7) is 1.08. The van der Waals surface area contributed by atoms with E-state index in [1.54, 1.807) is 18.0 Å². The van der Waals surface area contributed by atoms with E-state index in [0.717, 1.165) is 16.9 Å². The second kappa shape index (κ2) is 5.29. The molecular formula is C10H14ClN5O. The van der Waals surface area contributed by atoms with Crippen LogP contribution in [-0.4, -0.2) is 45.4 Å². The minimum atomic E-state index is -0.0957. The van der Waals surface area contributed by atoms with Gasteiger partial charge in [-0.25, -0.2) is 9.97 Å². The van der Waals surface area contributed by atoms with Crippen LogP contribution in [0.25, 0.3) is 11.0 Å². The van der Waals surface area contributed by atoms with Gasteiger partial charge >= 0.3 is 0 Å². The number of nitrogens with zero attached hydrogens (tertiary/aromatic N) is 4. The van der Waals surface area contributed by atoms with Gasteiger partial charge in [0, 0.05) is 20.7 Å². The molecule has 17 heavy (non-hydrogen) atoms. The second-order valence-electron chi connectivity index (χ2n) is 3.66. The predicted molar refractivity (Wildman–Crippen MR) is 66.3 cm³/mol. The topological polar surface area (TPSA) is 64.9 Å². The van der Waals surface area contributed by atoms with Gasteiger partial charge in [-0.2, -0.15) is 5.10 Å². The van der Waals surface area contributed by atoms with Crippen LogP contribution >= 0.6 is 11.6 Å². The number of hydrogen-bond acceptors (Lipinski definition) is 5. The number of nitrogens with one attached hydrogen (secondary N) is 1. The van der Waals surface area contributed by atoms with Gasteiger partial charge in [0.1, 0.15) is 12.1 Å². The molecule has 0 aliphatic heterocycles. The Morgan fingerprint density at radius 3 is 3.12 bits per heavy atom. The lowest BCUT2D eigenvalue weighted by molar-refractivity contribution is 0.200. The van der Waals surface area contributed by atoms with Crippen molar-refractivity contribution < 1.29 is 4.74 Å². The third-order valence-corrected chi connectivity index (χ3v) is 2.65. The van der Waals surface area contributed by atoms with Crippen LogP contribution in [0.15, 0.2) is 12.5 Å². The maximum absolute atomic E-state index is 6.04. The molecule has 0 spiro atoms. The Morgan fingerprint density at radius 1 is 1.53 bits per heavy atom. The predicted octanol–water partition coefficient (Wildman–Crippen LogP) is 1.03. The number of anilines is 1. The van der Waals surface area contributed by atoms with E-state index in [1.165, 1.54) is 6.33 Å². The summed E-state index contributed by atoms with van der Waals surface area (Å²) < 4.78 is 6.67.